The number of carboxylic acids is 1. The van der Waals surface area contributed by atoms with E-state index in [1.165, 1.54) is 64.2 Å². The van der Waals surface area contributed by atoms with E-state index in [0.29, 0.717) is 12.1 Å². The van der Waals surface area contributed by atoms with Gasteiger partial charge in [0.15, 0.2) is 0 Å². The zero-order valence-corrected chi connectivity index (χ0v) is 20.8. The topological polar surface area (TPSA) is 79.3 Å². The average Bonchev–Trinajstić information content (AvgIpc) is 2.83. The van der Waals surface area contributed by atoms with Crippen LogP contribution in [0, 0.1) is 5.92 Å². The van der Waals surface area contributed by atoms with Gasteiger partial charge in [-0.25, -0.2) is 0 Å². The highest BCUT2D eigenvalue weighted by molar-refractivity contribution is 6.03. The molecule has 5 heteroatoms. The molecule has 1 aromatic heterocycles. The number of pyridine rings is 1. The largest absolute Gasteiger partial charge is 0.481 e. The van der Waals surface area contributed by atoms with E-state index in [9.17, 15) is 14.7 Å². The minimum atomic E-state index is -0.960. The SMILES string of the molecule is CCCCCCCCCCCCC/C=C\C[C@H](CC(=O)O)C(=O)Nc1cccc2ccncc12. The van der Waals surface area contributed by atoms with E-state index in [0.717, 1.165) is 23.6 Å². The zero-order valence-electron chi connectivity index (χ0n) is 20.8. The third kappa shape index (κ3) is 11.0. The first-order valence-corrected chi connectivity index (χ1v) is 13.1. The van der Waals surface area contributed by atoms with Crippen molar-refractivity contribution in [3.8, 4) is 0 Å². The van der Waals surface area contributed by atoms with Crippen LogP contribution in [-0.4, -0.2) is 22.0 Å². The molecule has 0 unspecified atom stereocenters. The lowest BCUT2D eigenvalue weighted by molar-refractivity contribution is -0.140. The summed E-state index contributed by atoms with van der Waals surface area (Å²) in [5.74, 6) is -1.82. The monoisotopic (exact) mass is 466 g/mol. The van der Waals surface area contributed by atoms with Gasteiger partial charge in [0.25, 0.3) is 0 Å². The molecule has 0 aliphatic carbocycles. The number of nitrogens with zero attached hydrogens (tertiary/aromatic N) is 1. The molecule has 1 heterocycles. The van der Waals surface area contributed by atoms with Gasteiger partial charge in [-0.1, -0.05) is 95.4 Å². The molecule has 0 fully saturated rings. The molecular weight excluding hydrogens is 424 g/mol. The Morgan fingerprint density at radius 2 is 1.62 bits per heavy atom. The Morgan fingerprint density at radius 3 is 2.29 bits per heavy atom. The lowest BCUT2D eigenvalue weighted by atomic mass is 9.99. The van der Waals surface area contributed by atoms with Gasteiger partial charge in [-0.3, -0.25) is 14.6 Å². The molecule has 2 rings (SSSR count). The summed E-state index contributed by atoms with van der Waals surface area (Å²) in [5, 5.41) is 14.0. The molecule has 0 bridgehead atoms. The molecule has 0 radical (unpaired) electrons. The number of nitrogens with one attached hydrogen (secondary N) is 1. The van der Waals surface area contributed by atoms with Gasteiger partial charge in [0.05, 0.1) is 18.0 Å². The van der Waals surface area contributed by atoms with E-state index in [1.54, 1.807) is 12.4 Å². The number of anilines is 1. The molecule has 2 N–H and O–H groups in total. The fourth-order valence-electron chi connectivity index (χ4n) is 4.26. The summed E-state index contributed by atoms with van der Waals surface area (Å²) < 4.78 is 0. The van der Waals surface area contributed by atoms with E-state index in [1.807, 2.05) is 30.3 Å². The Morgan fingerprint density at radius 1 is 0.941 bits per heavy atom. The number of hydrogen-bond acceptors (Lipinski definition) is 3. The minimum absolute atomic E-state index is 0.183. The number of aromatic nitrogens is 1. The number of unbranched alkanes of at least 4 members (excludes halogenated alkanes) is 11. The van der Waals surface area contributed by atoms with Crippen LogP contribution in [0.2, 0.25) is 0 Å². The first-order valence-electron chi connectivity index (χ1n) is 13.1. The summed E-state index contributed by atoms with van der Waals surface area (Å²) in [5.41, 5.74) is 0.663. The van der Waals surface area contributed by atoms with Crippen LogP contribution in [-0.2, 0) is 9.59 Å². The van der Waals surface area contributed by atoms with Crippen LogP contribution in [0.15, 0.2) is 48.8 Å². The summed E-state index contributed by atoms with van der Waals surface area (Å²) in [6, 6.07) is 7.54. The molecule has 0 spiro atoms. The number of benzene rings is 1. The predicted octanol–water partition coefficient (Wildman–Crippen LogP) is 7.91. The average molecular weight is 467 g/mol. The highest BCUT2D eigenvalue weighted by Crippen LogP contribution is 2.24. The van der Waals surface area contributed by atoms with Gasteiger partial charge in [-0.15, -0.1) is 0 Å². The van der Waals surface area contributed by atoms with Gasteiger partial charge in [0.2, 0.25) is 5.91 Å². The van der Waals surface area contributed by atoms with Crippen LogP contribution in [0.25, 0.3) is 10.8 Å². The van der Waals surface area contributed by atoms with E-state index >= 15 is 0 Å². The number of aliphatic carboxylic acids is 1. The summed E-state index contributed by atoms with van der Waals surface area (Å²) in [7, 11) is 0. The predicted molar refractivity (Wildman–Crippen MR) is 141 cm³/mol. The number of rotatable bonds is 18. The van der Waals surface area contributed by atoms with Crippen molar-refractivity contribution in [3.63, 3.8) is 0 Å². The first-order chi connectivity index (χ1) is 16.6. The molecular formula is C29H42N2O3. The van der Waals surface area contributed by atoms with E-state index in [-0.39, 0.29) is 12.3 Å². The molecule has 0 aliphatic rings. The van der Waals surface area contributed by atoms with Crippen LogP contribution in [0.4, 0.5) is 5.69 Å². The maximum absolute atomic E-state index is 12.8. The summed E-state index contributed by atoms with van der Waals surface area (Å²) in [6.45, 7) is 2.26. The number of hydrogen-bond donors (Lipinski definition) is 2. The lowest BCUT2D eigenvalue weighted by Crippen LogP contribution is -2.25. The zero-order chi connectivity index (χ0) is 24.4. The molecule has 34 heavy (non-hydrogen) atoms. The van der Waals surface area contributed by atoms with Crippen molar-refractivity contribution in [2.75, 3.05) is 5.32 Å². The second kappa shape index (κ2) is 16.9. The van der Waals surface area contributed by atoms with Gasteiger partial charge < -0.3 is 10.4 Å². The Kier molecular flexibility index (Phi) is 13.7. The second-order valence-electron chi connectivity index (χ2n) is 9.22. The van der Waals surface area contributed by atoms with Crippen LogP contribution >= 0.6 is 0 Å². The van der Waals surface area contributed by atoms with Crippen LogP contribution in [0.3, 0.4) is 0 Å². The third-order valence-corrected chi connectivity index (χ3v) is 6.29. The van der Waals surface area contributed by atoms with Gasteiger partial charge in [-0.2, -0.15) is 0 Å². The van der Waals surface area contributed by atoms with Crippen LogP contribution < -0.4 is 5.32 Å². The highest BCUT2D eigenvalue weighted by atomic mass is 16.4. The quantitative estimate of drug-likeness (QED) is 0.173. The Bertz CT molecular complexity index is 889. The molecule has 1 atom stereocenters. The Labute approximate surface area is 205 Å². The maximum atomic E-state index is 12.8. The Hall–Kier alpha value is -2.69. The first kappa shape index (κ1) is 27.6. The van der Waals surface area contributed by atoms with Gasteiger partial charge in [0, 0.05) is 17.8 Å². The van der Waals surface area contributed by atoms with Crippen molar-refractivity contribution in [1.29, 1.82) is 0 Å². The number of fused-ring (bicyclic) bond motifs is 1. The normalized spacial score (nSPS) is 12.3. The summed E-state index contributed by atoms with van der Waals surface area (Å²) >= 11 is 0. The number of carbonyl (C=O) groups is 2. The minimum Gasteiger partial charge on any atom is -0.481 e. The molecule has 0 saturated heterocycles. The molecule has 0 saturated carbocycles. The summed E-state index contributed by atoms with van der Waals surface area (Å²) in [6.07, 6.45) is 23.2. The number of carboxylic acid groups (broad SMARTS) is 1. The van der Waals surface area contributed by atoms with Gasteiger partial charge in [-0.05, 0) is 36.8 Å². The third-order valence-electron chi connectivity index (χ3n) is 6.29. The fourth-order valence-corrected chi connectivity index (χ4v) is 4.26. The van der Waals surface area contributed by atoms with E-state index in [4.69, 9.17) is 0 Å². The number of allylic oxidation sites excluding steroid dienone is 2. The molecule has 0 aliphatic heterocycles. The number of carbonyl (C=O) groups excluding carboxylic acids is 1. The van der Waals surface area contributed by atoms with Gasteiger partial charge in [0.1, 0.15) is 0 Å². The second-order valence-corrected chi connectivity index (χ2v) is 9.22. The molecule has 186 valence electrons. The maximum Gasteiger partial charge on any atom is 0.304 e. The van der Waals surface area contributed by atoms with Crippen molar-refractivity contribution in [3.05, 3.63) is 48.8 Å². The van der Waals surface area contributed by atoms with Crippen LogP contribution in [0.1, 0.15) is 96.8 Å². The fraction of sp³-hybridized carbons (Fsp3) is 0.552. The van der Waals surface area contributed by atoms with Crippen molar-refractivity contribution < 1.29 is 14.7 Å². The van der Waals surface area contributed by atoms with E-state index in [2.05, 4.69) is 23.3 Å². The molecule has 1 aromatic carbocycles. The van der Waals surface area contributed by atoms with Crippen molar-refractivity contribution in [1.82, 2.24) is 4.98 Å². The summed E-state index contributed by atoms with van der Waals surface area (Å²) in [4.78, 5) is 28.3. The van der Waals surface area contributed by atoms with Crippen molar-refractivity contribution >= 4 is 28.3 Å². The smallest absolute Gasteiger partial charge is 0.304 e. The van der Waals surface area contributed by atoms with Crippen LogP contribution in [0.5, 0.6) is 0 Å². The number of amides is 1. The van der Waals surface area contributed by atoms with Crippen molar-refractivity contribution in [2.45, 2.75) is 96.8 Å². The van der Waals surface area contributed by atoms with Crippen molar-refractivity contribution in [2.24, 2.45) is 5.92 Å². The molecule has 5 nitrogen and oxygen atoms in total. The lowest BCUT2D eigenvalue weighted by Gasteiger charge is -2.14. The van der Waals surface area contributed by atoms with Gasteiger partial charge >= 0.3 is 5.97 Å². The van der Waals surface area contributed by atoms with E-state index < -0.39 is 11.9 Å². The molecule has 1 amide bonds. The Balaban J connectivity index is 1.67. The molecule has 2 aromatic rings. The standard InChI is InChI=1S/C29H42N2O3/c1-2-3-4-5-6-7-8-9-10-11-12-13-14-15-17-25(22-28(32)33)29(34)31-27-19-16-18-24-20-21-30-23-26(24)27/h14-16,18-21,23,25H,2-13,17,22H2,1H3,(H,31,34)(H,32,33)/b15-14-/t25-/m1/s1. The highest BCUT2D eigenvalue weighted by Gasteiger charge is 2.21.